The van der Waals surface area contributed by atoms with E-state index in [1.54, 1.807) is 6.08 Å². The van der Waals surface area contributed by atoms with Crippen LogP contribution in [0.3, 0.4) is 0 Å². The highest BCUT2D eigenvalue weighted by Crippen LogP contribution is 2.23. The molecule has 2 rings (SSSR count). The molecule has 1 aromatic rings. The number of sulfone groups is 1. The molecule has 1 heterocycles. The van der Waals surface area contributed by atoms with Gasteiger partial charge in [-0.2, -0.15) is 0 Å². The Labute approximate surface area is 89.5 Å². The van der Waals surface area contributed by atoms with E-state index in [4.69, 9.17) is 5.73 Å². The van der Waals surface area contributed by atoms with Gasteiger partial charge in [-0.15, -0.1) is 0 Å². The molecule has 0 saturated heterocycles. The van der Waals surface area contributed by atoms with Crippen molar-refractivity contribution in [3.05, 3.63) is 35.9 Å². The second-order valence-electron chi connectivity index (χ2n) is 3.72. The Morgan fingerprint density at radius 1 is 1.13 bits per heavy atom. The molecular formula is C11H13NO2S. The topological polar surface area (TPSA) is 60.2 Å². The summed E-state index contributed by atoms with van der Waals surface area (Å²) in [5.41, 5.74) is 8.48. The van der Waals surface area contributed by atoms with E-state index in [1.165, 1.54) is 0 Å². The van der Waals surface area contributed by atoms with Gasteiger partial charge in [0.2, 0.25) is 0 Å². The highest BCUT2D eigenvalue weighted by molar-refractivity contribution is 7.91. The number of hydrogen-bond acceptors (Lipinski definition) is 3. The van der Waals surface area contributed by atoms with Crippen molar-refractivity contribution in [2.45, 2.75) is 6.42 Å². The average Bonchev–Trinajstić information content (AvgIpc) is 2.20. The molecule has 0 aromatic heterocycles. The number of nitrogens with two attached hydrogens (primary N) is 1. The van der Waals surface area contributed by atoms with Gasteiger partial charge in [0.25, 0.3) is 0 Å². The van der Waals surface area contributed by atoms with Gasteiger partial charge in [0.05, 0.1) is 11.5 Å². The first-order chi connectivity index (χ1) is 7.07. The molecule has 0 fully saturated rings. The van der Waals surface area contributed by atoms with Gasteiger partial charge in [-0.1, -0.05) is 18.2 Å². The van der Waals surface area contributed by atoms with E-state index in [-0.39, 0.29) is 11.5 Å². The number of nitrogen functional groups attached to an aromatic ring is 1. The zero-order valence-corrected chi connectivity index (χ0v) is 9.13. The predicted molar refractivity (Wildman–Crippen MR) is 62.1 cm³/mol. The zero-order chi connectivity index (χ0) is 10.9. The summed E-state index contributed by atoms with van der Waals surface area (Å²) in [6, 6.07) is 7.52. The van der Waals surface area contributed by atoms with E-state index in [9.17, 15) is 8.42 Å². The van der Waals surface area contributed by atoms with Crippen molar-refractivity contribution in [1.82, 2.24) is 0 Å². The van der Waals surface area contributed by atoms with Crippen LogP contribution in [0.5, 0.6) is 0 Å². The maximum Gasteiger partial charge on any atom is 0.154 e. The largest absolute Gasteiger partial charge is 0.399 e. The lowest BCUT2D eigenvalue weighted by Crippen LogP contribution is -2.14. The van der Waals surface area contributed by atoms with Crippen LogP contribution in [0, 0.1) is 0 Å². The number of anilines is 1. The van der Waals surface area contributed by atoms with E-state index in [1.807, 2.05) is 24.3 Å². The summed E-state index contributed by atoms with van der Waals surface area (Å²) >= 11 is 0. The number of allylic oxidation sites excluding steroid dienone is 1. The van der Waals surface area contributed by atoms with Crippen LogP contribution in [0.15, 0.2) is 30.3 Å². The Morgan fingerprint density at radius 2 is 1.80 bits per heavy atom. The molecule has 0 atom stereocenters. The van der Waals surface area contributed by atoms with Gasteiger partial charge in [-0.25, -0.2) is 8.42 Å². The summed E-state index contributed by atoms with van der Waals surface area (Å²) in [6.07, 6.45) is 2.40. The van der Waals surface area contributed by atoms with Crippen LogP contribution in [0.2, 0.25) is 0 Å². The third kappa shape index (κ3) is 2.39. The van der Waals surface area contributed by atoms with Gasteiger partial charge >= 0.3 is 0 Å². The van der Waals surface area contributed by atoms with Crippen LogP contribution < -0.4 is 5.73 Å². The lowest BCUT2D eigenvalue weighted by Gasteiger charge is -2.13. The summed E-state index contributed by atoms with van der Waals surface area (Å²) in [4.78, 5) is 0. The lowest BCUT2D eigenvalue weighted by molar-refractivity contribution is 0.598. The molecule has 0 spiro atoms. The van der Waals surface area contributed by atoms with Gasteiger partial charge < -0.3 is 5.73 Å². The van der Waals surface area contributed by atoms with Crippen LogP contribution in [-0.4, -0.2) is 19.9 Å². The third-order valence-electron chi connectivity index (χ3n) is 2.55. The second kappa shape index (κ2) is 3.70. The fraction of sp³-hybridized carbons (Fsp3) is 0.273. The predicted octanol–water partition coefficient (Wildman–Crippen LogP) is 1.47. The van der Waals surface area contributed by atoms with E-state index < -0.39 is 9.84 Å². The molecule has 1 aliphatic rings. The van der Waals surface area contributed by atoms with E-state index >= 15 is 0 Å². The minimum absolute atomic E-state index is 0.159. The Bertz CT molecular complexity index is 486. The first-order valence-corrected chi connectivity index (χ1v) is 6.64. The van der Waals surface area contributed by atoms with Gasteiger partial charge in [-0.3, -0.25) is 0 Å². The fourth-order valence-corrected chi connectivity index (χ4v) is 2.79. The monoisotopic (exact) mass is 223 g/mol. The van der Waals surface area contributed by atoms with E-state index in [0.717, 1.165) is 16.8 Å². The summed E-state index contributed by atoms with van der Waals surface area (Å²) in [7, 11) is -2.83. The summed E-state index contributed by atoms with van der Waals surface area (Å²) in [6.45, 7) is 0. The molecule has 15 heavy (non-hydrogen) atoms. The summed E-state index contributed by atoms with van der Waals surface area (Å²) < 4.78 is 22.4. The second-order valence-corrected chi connectivity index (χ2v) is 5.94. The van der Waals surface area contributed by atoms with Crippen molar-refractivity contribution >= 4 is 21.1 Å². The van der Waals surface area contributed by atoms with Crippen molar-refractivity contribution in [3.63, 3.8) is 0 Å². The maximum atomic E-state index is 11.2. The third-order valence-corrected chi connectivity index (χ3v) is 4.05. The molecule has 0 saturated carbocycles. The van der Waals surface area contributed by atoms with Crippen molar-refractivity contribution in [2.24, 2.45) is 0 Å². The standard InChI is InChI=1S/C11H13NO2S/c12-11-3-1-9(2-4-11)10-5-7-15(13,14)8-6-10/h1-5H,6-8,12H2. The Kier molecular flexibility index (Phi) is 2.52. The quantitative estimate of drug-likeness (QED) is 0.733. The van der Waals surface area contributed by atoms with E-state index in [2.05, 4.69) is 0 Å². The summed E-state index contributed by atoms with van der Waals surface area (Å²) in [5, 5.41) is 0. The fourth-order valence-electron chi connectivity index (χ4n) is 1.64. The smallest absolute Gasteiger partial charge is 0.154 e. The Morgan fingerprint density at radius 3 is 2.33 bits per heavy atom. The Balaban J connectivity index is 2.27. The van der Waals surface area contributed by atoms with Crippen LogP contribution in [0.4, 0.5) is 5.69 Å². The molecule has 0 unspecified atom stereocenters. The van der Waals surface area contributed by atoms with Crippen molar-refractivity contribution in [3.8, 4) is 0 Å². The van der Waals surface area contributed by atoms with Crippen LogP contribution in [-0.2, 0) is 9.84 Å². The molecule has 1 aromatic carbocycles. The average molecular weight is 223 g/mol. The maximum absolute atomic E-state index is 11.2. The Hall–Kier alpha value is -1.29. The number of benzene rings is 1. The van der Waals surface area contributed by atoms with Gasteiger partial charge in [0.1, 0.15) is 0 Å². The van der Waals surface area contributed by atoms with Crippen LogP contribution in [0.25, 0.3) is 5.57 Å². The molecule has 0 amide bonds. The van der Waals surface area contributed by atoms with Crippen LogP contribution >= 0.6 is 0 Å². The normalized spacial score (nSPS) is 19.6. The van der Waals surface area contributed by atoms with Crippen LogP contribution in [0.1, 0.15) is 12.0 Å². The zero-order valence-electron chi connectivity index (χ0n) is 8.31. The van der Waals surface area contributed by atoms with E-state index in [0.29, 0.717) is 6.42 Å². The molecule has 0 radical (unpaired) electrons. The van der Waals surface area contributed by atoms with Gasteiger partial charge in [0, 0.05) is 5.69 Å². The molecule has 4 heteroatoms. The number of hydrogen-bond donors (Lipinski definition) is 1. The minimum atomic E-state index is -2.83. The van der Waals surface area contributed by atoms with Crippen molar-refractivity contribution in [2.75, 3.05) is 17.2 Å². The first-order valence-electron chi connectivity index (χ1n) is 4.82. The van der Waals surface area contributed by atoms with Crippen molar-refractivity contribution in [1.29, 1.82) is 0 Å². The highest BCUT2D eigenvalue weighted by atomic mass is 32.2. The molecule has 0 aliphatic carbocycles. The minimum Gasteiger partial charge on any atom is -0.399 e. The molecule has 1 aliphatic heterocycles. The van der Waals surface area contributed by atoms with Crippen molar-refractivity contribution < 1.29 is 8.42 Å². The first kappa shape index (κ1) is 10.2. The highest BCUT2D eigenvalue weighted by Gasteiger charge is 2.16. The number of rotatable bonds is 1. The molecule has 3 nitrogen and oxygen atoms in total. The summed E-state index contributed by atoms with van der Waals surface area (Å²) in [5.74, 6) is 0.413. The molecule has 2 N–H and O–H groups in total. The van der Waals surface area contributed by atoms with Gasteiger partial charge in [0.15, 0.2) is 9.84 Å². The SMILES string of the molecule is Nc1ccc(C2=CCS(=O)(=O)CC2)cc1. The molecule has 0 bridgehead atoms. The van der Waals surface area contributed by atoms with Gasteiger partial charge in [-0.05, 0) is 29.7 Å². The molecule has 80 valence electrons. The molecular weight excluding hydrogens is 210 g/mol. The lowest BCUT2D eigenvalue weighted by atomic mass is 10.0.